The summed E-state index contributed by atoms with van der Waals surface area (Å²) in [6.45, 7) is 0.466. The Bertz CT molecular complexity index is 1940. The van der Waals surface area contributed by atoms with Crippen molar-refractivity contribution in [2.75, 3.05) is 19.5 Å². The van der Waals surface area contributed by atoms with Crippen LogP contribution in [0.5, 0.6) is 28.7 Å². The first-order valence-electron chi connectivity index (χ1n) is 14.2. The first-order valence-corrected chi connectivity index (χ1v) is 14.2. The average molecular weight is 599 g/mol. The van der Waals surface area contributed by atoms with Crippen molar-refractivity contribution in [1.82, 2.24) is 14.8 Å². The summed E-state index contributed by atoms with van der Waals surface area (Å²) in [5.41, 5.74) is 3.18. The fourth-order valence-corrected chi connectivity index (χ4v) is 4.69. The van der Waals surface area contributed by atoms with Gasteiger partial charge in [-0.2, -0.15) is 5.10 Å². The molecule has 0 unspecified atom stereocenters. The van der Waals surface area contributed by atoms with Crippen LogP contribution < -0.4 is 19.5 Å². The van der Waals surface area contributed by atoms with Gasteiger partial charge in [-0.05, 0) is 71.8 Å². The largest absolute Gasteiger partial charge is 0.497 e. The molecule has 6 aromatic rings. The first kappa shape index (κ1) is 29.0. The van der Waals surface area contributed by atoms with Gasteiger partial charge in [0.05, 0.1) is 20.8 Å². The third kappa shape index (κ3) is 6.94. The maximum absolute atomic E-state index is 11.8. The second-order valence-electron chi connectivity index (χ2n) is 9.92. The number of hydrogen-bond acceptors (Lipinski definition) is 8. The Morgan fingerprint density at radius 1 is 0.778 bits per heavy atom. The quantitative estimate of drug-likeness (QED) is 0.118. The molecule has 9 heteroatoms. The second kappa shape index (κ2) is 13.5. The number of carbonyl (C=O) groups excluding carboxylic acids is 1. The van der Waals surface area contributed by atoms with Gasteiger partial charge in [0.25, 0.3) is 0 Å². The summed E-state index contributed by atoms with van der Waals surface area (Å²) < 4.78 is 24.3. The number of rotatable bonds is 11. The molecule has 4 aromatic carbocycles. The van der Waals surface area contributed by atoms with Gasteiger partial charge >= 0.3 is 5.97 Å². The number of esters is 1. The highest BCUT2D eigenvalue weighted by Gasteiger charge is 2.19. The van der Waals surface area contributed by atoms with Crippen LogP contribution in [0.4, 0.5) is 11.5 Å². The van der Waals surface area contributed by atoms with Crippen molar-refractivity contribution < 1.29 is 23.7 Å². The molecule has 1 N–H and O–H groups in total. The number of fused-ring (bicyclic) bond motifs is 1. The number of para-hydroxylation sites is 2. The van der Waals surface area contributed by atoms with E-state index in [0.29, 0.717) is 40.6 Å². The maximum Gasteiger partial charge on any atom is 0.330 e. The number of nitrogens with zero attached hydrogens (tertiary/aromatic N) is 3. The number of methoxy groups -OCH3 is 2. The second-order valence-corrected chi connectivity index (χ2v) is 9.92. The molecule has 0 aliphatic carbocycles. The molecule has 0 atom stereocenters. The third-order valence-electron chi connectivity index (χ3n) is 6.93. The molecule has 2 aromatic heterocycles. The number of aromatic nitrogens is 3. The van der Waals surface area contributed by atoms with Gasteiger partial charge in [-0.3, -0.25) is 0 Å². The fraction of sp³-hybridized carbons (Fsp3) is 0.0833. The van der Waals surface area contributed by atoms with Crippen LogP contribution in [0.2, 0.25) is 0 Å². The first-order chi connectivity index (χ1) is 22.1. The maximum atomic E-state index is 11.8. The van der Waals surface area contributed by atoms with Crippen molar-refractivity contribution >= 4 is 34.6 Å². The Hall–Kier alpha value is -6.09. The summed E-state index contributed by atoms with van der Waals surface area (Å²) in [6.07, 6.45) is 4.77. The monoisotopic (exact) mass is 598 g/mol. The van der Waals surface area contributed by atoms with Crippen LogP contribution in [0, 0.1) is 0 Å². The van der Waals surface area contributed by atoms with Crippen molar-refractivity contribution in [1.29, 1.82) is 0 Å². The molecule has 0 bridgehead atoms. The molecule has 224 valence electrons. The minimum Gasteiger partial charge on any atom is -0.497 e. The average Bonchev–Trinajstić information content (AvgIpc) is 3.43. The van der Waals surface area contributed by atoms with E-state index >= 15 is 0 Å². The Morgan fingerprint density at radius 2 is 1.44 bits per heavy atom. The van der Waals surface area contributed by atoms with Crippen LogP contribution in [-0.4, -0.2) is 35.0 Å². The van der Waals surface area contributed by atoms with E-state index < -0.39 is 5.97 Å². The summed E-state index contributed by atoms with van der Waals surface area (Å²) in [5.74, 6) is 3.52. The van der Waals surface area contributed by atoms with E-state index in [4.69, 9.17) is 29.0 Å². The number of ether oxygens (including phenoxy) is 4. The zero-order valence-electron chi connectivity index (χ0n) is 24.7. The Kier molecular flexibility index (Phi) is 8.68. The Labute approximate surface area is 260 Å². The molecule has 0 saturated heterocycles. The molecule has 0 radical (unpaired) electrons. The Balaban J connectivity index is 1.36. The van der Waals surface area contributed by atoms with Crippen molar-refractivity contribution in [3.05, 3.63) is 133 Å². The molecule has 6 rings (SSSR count). The van der Waals surface area contributed by atoms with Crippen LogP contribution in [0.3, 0.4) is 0 Å². The minimum atomic E-state index is -0.445. The standard InChI is InChI=1S/C36H30N4O5/c1-42-27-15-12-25(13-16-27)24-40-36-34(35(39-40)38-31-11-7-6-8-26(31)14-21-33(41)43-2)32(22-23-37-36)45-30-19-17-29(18-20-30)44-28-9-4-3-5-10-28/h3-23H,24H2,1-2H3,(H,38,39). The highest BCUT2D eigenvalue weighted by Crippen LogP contribution is 2.37. The van der Waals surface area contributed by atoms with E-state index in [1.807, 2.05) is 114 Å². The zero-order chi connectivity index (χ0) is 31.0. The van der Waals surface area contributed by atoms with Crippen molar-refractivity contribution in [2.24, 2.45) is 0 Å². The van der Waals surface area contributed by atoms with Gasteiger partial charge in [-0.25, -0.2) is 14.5 Å². The van der Waals surface area contributed by atoms with Gasteiger partial charge in [-0.15, -0.1) is 0 Å². The molecule has 0 saturated carbocycles. The van der Waals surface area contributed by atoms with Gasteiger partial charge in [0.1, 0.15) is 34.1 Å². The lowest BCUT2D eigenvalue weighted by Crippen LogP contribution is -2.03. The number of nitrogens with one attached hydrogen (secondary N) is 1. The predicted octanol–water partition coefficient (Wildman–Crippen LogP) is 8.00. The van der Waals surface area contributed by atoms with Crippen molar-refractivity contribution in [3.63, 3.8) is 0 Å². The van der Waals surface area contributed by atoms with Crippen LogP contribution in [0.15, 0.2) is 121 Å². The normalized spacial score (nSPS) is 11.0. The molecule has 0 aliphatic heterocycles. The van der Waals surface area contributed by atoms with Gasteiger partial charge in [-0.1, -0.05) is 48.5 Å². The molecule has 45 heavy (non-hydrogen) atoms. The van der Waals surface area contributed by atoms with Crippen LogP contribution in [-0.2, 0) is 16.1 Å². The Morgan fingerprint density at radius 3 is 2.18 bits per heavy atom. The SMILES string of the molecule is COC(=O)C=Cc1ccccc1Nc1nn(Cc2ccc(OC)cc2)c2nccc(Oc3ccc(Oc4ccccc4)cc3)c12. The lowest BCUT2D eigenvalue weighted by Gasteiger charge is -2.11. The number of pyridine rings is 1. The topological polar surface area (TPSA) is 96.7 Å². The number of benzene rings is 4. The summed E-state index contributed by atoms with van der Waals surface area (Å²) in [7, 11) is 2.98. The van der Waals surface area contributed by atoms with Crippen LogP contribution in [0.1, 0.15) is 11.1 Å². The van der Waals surface area contributed by atoms with Crippen LogP contribution >= 0.6 is 0 Å². The lowest BCUT2D eigenvalue weighted by atomic mass is 10.1. The molecule has 2 heterocycles. The molecule has 0 amide bonds. The third-order valence-corrected chi connectivity index (χ3v) is 6.93. The molecule has 9 nitrogen and oxygen atoms in total. The van der Waals surface area contributed by atoms with Gasteiger partial charge in [0.15, 0.2) is 11.5 Å². The highest BCUT2D eigenvalue weighted by atomic mass is 16.5. The molecule has 0 fully saturated rings. The number of hydrogen-bond donors (Lipinski definition) is 1. The minimum absolute atomic E-state index is 0.445. The van der Waals surface area contributed by atoms with Crippen molar-refractivity contribution in [2.45, 2.75) is 6.54 Å². The van der Waals surface area contributed by atoms with E-state index in [1.54, 1.807) is 19.4 Å². The van der Waals surface area contributed by atoms with E-state index in [0.717, 1.165) is 28.3 Å². The van der Waals surface area contributed by atoms with E-state index in [2.05, 4.69) is 5.32 Å². The summed E-state index contributed by atoms with van der Waals surface area (Å²) in [6, 6.07) is 34.3. The van der Waals surface area contributed by atoms with Gasteiger partial charge in [0.2, 0.25) is 0 Å². The summed E-state index contributed by atoms with van der Waals surface area (Å²) in [5, 5.41) is 9.08. The van der Waals surface area contributed by atoms with E-state index in [1.165, 1.54) is 13.2 Å². The van der Waals surface area contributed by atoms with E-state index in [-0.39, 0.29) is 0 Å². The number of anilines is 2. The summed E-state index contributed by atoms with van der Waals surface area (Å²) in [4.78, 5) is 16.5. The van der Waals surface area contributed by atoms with E-state index in [9.17, 15) is 4.79 Å². The highest BCUT2D eigenvalue weighted by molar-refractivity contribution is 5.96. The molecule has 0 spiro atoms. The van der Waals surface area contributed by atoms with Crippen molar-refractivity contribution in [3.8, 4) is 28.7 Å². The van der Waals surface area contributed by atoms with Gasteiger partial charge < -0.3 is 24.3 Å². The lowest BCUT2D eigenvalue weighted by molar-refractivity contribution is -0.134. The smallest absolute Gasteiger partial charge is 0.330 e. The zero-order valence-corrected chi connectivity index (χ0v) is 24.7. The van der Waals surface area contributed by atoms with Crippen LogP contribution in [0.25, 0.3) is 17.1 Å². The summed E-state index contributed by atoms with van der Waals surface area (Å²) >= 11 is 0. The molecular formula is C36H30N4O5. The molecular weight excluding hydrogens is 568 g/mol. The fourth-order valence-electron chi connectivity index (χ4n) is 4.69. The predicted molar refractivity (Wildman–Crippen MR) is 173 cm³/mol. The van der Waals surface area contributed by atoms with Gasteiger partial charge in [0, 0.05) is 24.0 Å². The molecule has 0 aliphatic rings. The number of carbonyl (C=O) groups is 1.